The molecule has 1 aromatic heterocycles. The van der Waals surface area contributed by atoms with Crippen LogP contribution in [-0.4, -0.2) is 32.4 Å². The molecule has 1 aliphatic carbocycles. The van der Waals surface area contributed by atoms with Gasteiger partial charge in [-0.1, -0.05) is 0 Å². The second-order valence-electron chi connectivity index (χ2n) is 7.67. The first kappa shape index (κ1) is 22.0. The molecule has 168 valence electrons. The highest BCUT2D eigenvalue weighted by molar-refractivity contribution is 7.97. The van der Waals surface area contributed by atoms with Crippen molar-refractivity contribution in [2.75, 3.05) is 17.2 Å². The van der Waals surface area contributed by atoms with E-state index in [9.17, 15) is 26.3 Å². The molecule has 2 heterocycles. The highest BCUT2D eigenvalue weighted by Gasteiger charge is 2.43. The van der Waals surface area contributed by atoms with E-state index in [1.54, 1.807) is 0 Å². The lowest BCUT2D eigenvalue weighted by Crippen LogP contribution is -2.42. The molecule has 1 saturated carbocycles. The van der Waals surface area contributed by atoms with Crippen LogP contribution in [0.4, 0.5) is 37.7 Å². The molecule has 2 N–H and O–H groups in total. The summed E-state index contributed by atoms with van der Waals surface area (Å²) in [5.41, 5.74) is 1.21. The molecule has 0 bridgehead atoms. The number of aromatic nitrogens is 2. The SMILES string of the molecule is Nc1cnc(CN2c3ccc(C(F)(F)F)cc3CN(SC(F)(F)F)CC2C2CC2)nc1. The van der Waals surface area contributed by atoms with Crippen molar-refractivity contribution < 1.29 is 26.3 Å². The van der Waals surface area contributed by atoms with Crippen LogP contribution in [0.5, 0.6) is 0 Å². The van der Waals surface area contributed by atoms with Crippen molar-refractivity contribution in [1.82, 2.24) is 14.3 Å². The molecule has 0 amide bonds. The van der Waals surface area contributed by atoms with E-state index in [0.29, 0.717) is 17.2 Å². The second kappa shape index (κ2) is 8.05. The number of fused-ring (bicyclic) bond motifs is 1. The van der Waals surface area contributed by atoms with Gasteiger partial charge < -0.3 is 10.6 Å². The number of benzene rings is 1. The quantitative estimate of drug-likeness (QED) is 0.517. The van der Waals surface area contributed by atoms with Gasteiger partial charge in [0.25, 0.3) is 0 Å². The van der Waals surface area contributed by atoms with Gasteiger partial charge in [-0.2, -0.15) is 26.3 Å². The van der Waals surface area contributed by atoms with E-state index in [4.69, 9.17) is 5.73 Å². The normalized spacial score (nSPS) is 20.5. The van der Waals surface area contributed by atoms with Crippen LogP contribution in [0, 0.1) is 5.92 Å². The van der Waals surface area contributed by atoms with E-state index < -0.39 is 17.2 Å². The van der Waals surface area contributed by atoms with Crippen molar-refractivity contribution >= 4 is 23.3 Å². The molecule has 4 rings (SSSR count). The van der Waals surface area contributed by atoms with Gasteiger partial charge in [-0.05, 0) is 42.5 Å². The summed E-state index contributed by atoms with van der Waals surface area (Å²) >= 11 is -0.295. The summed E-state index contributed by atoms with van der Waals surface area (Å²) in [5.74, 6) is 0.543. The Morgan fingerprint density at radius 1 is 1.06 bits per heavy atom. The zero-order valence-corrected chi connectivity index (χ0v) is 16.9. The largest absolute Gasteiger partial charge is 0.456 e. The lowest BCUT2D eigenvalue weighted by molar-refractivity contribution is -0.137. The summed E-state index contributed by atoms with van der Waals surface area (Å²) < 4.78 is 80.4. The number of nitrogen functional groups attached to an aromatic ring is 1. The average molecular weight is 463 g/mol. The van der Waals surface area contributed by atoms with Gasteiger partial charge in [-0.25, -0.2) is 14.3 Å². The van der Waals surface area contributed by atoms with E-state index in [1.807, 2.05) is 4.90 Å². The summed E-state index contributed by atoms with van der Waals surface area (Å²) in [7, 11) is 0. The van der Waals surface area contributed by atoms with Crippen LogP contribution in [0.1, 0.15) is 29.8 Å². The summed E-state index contributed by atoms with van der Waals surface area (Å²) in [4.78, 5) is 10.2. The Bertz CT molecular complexity index is 929. The zero-order chi connectivity index (χ0) is 22.4. The first-order valence-electron chi connectivity index (χ1n) is 9.53. The van der Waals surface area contributed by atoms with E-state index in [-0.39, 0.29) is 49.1 Å². The molecular weight excluding hydrogens is 444 g/mol. The van der Waals surface area contributed by atoms with Gasteiger partial charge in [0.05, 0.1) is 30.2 Å². The van der Waals surface area contributed by atoms with Crippen molar-refractivity contribution in [1.29, 1.82) is 0 Å². The van der Waals surface area contributed by atoms with Crippen LogP contribution < -0.4 is 10.6 Å². The Kier molecular flexibility index (Phi) is 5.71. The Hall–Kier alpha value is -2.21. The minimum atomic E-state index is -4.59. The molecule has 5 nitrogen and oxygen atoms in total. The molecule has 0 radical (unpaired) electrons. The fraction of sp³-hybridized carbons (Fsp3) is 0.474. The fourth-order valence-corrected chi connectivity index (χ4v) is 4.53. The first-order valence-corrected chi connectivity index (χ1v) is 10.3. The number of hydrogen-bond acceptors (Lipinski definition) is 6. The zero-order valence-electron chi connectivity index (χ0n) is 16.1. The molecule has 1 aromatic carbocycles. The number of rotatable bonds is 4. The molecule has 1 fully saturated rings. The molecular formula is C19H19F6N5S. The lowest BCUT2D eigenvalue weighted by Gasteiger charge is -2.34. The maximum absolute atomic E-state index is 13.3. The molecule has 1 unspecified atom stereocenters. The summed E-state index contributed by atoms with van der Waals surface area (Å²) in [6.07, 6.45) is -0.0455. The third-order valence-electron chi connectivity index (χ3n) is 5.29. The van der Waals surface area contributed by atoms with Crippen LogP contribution >= 0.6 is 11.9 Å². The number of nitrogens with two attached hydrogens (primary N) is 1. The molecule has 31 heavy (non-hydrogen) atoms. The topological polar surface area (TPSA) is 58.3 Å². The molecule has 12 heteroatoms. The third-order valence-corrected chi connectivity index (χ3v) is 6.03. The van der Waals surface area contributed by atoms with Crippen LogP contribution in [0.15, 0.2) is 30.6 Å². The van der Waals surface area contributed by atoms with E-state index >= 15 is 0 Å². The Morgan fingerprint density at radius 2 is 1.74 bits per heavy atom. The second-order valence-corrected chi connectivity index (χ2v) is 8.83. The molecule has 1 aliphatic heterocycles. The number of halogens is 6. The predicted octanol–water partition coefficient (Wildman–Crippen LogP) is 4.85. The Labute approximate surface area is 178 Å². The number of nitrogens with zero attached hydrogens (tertiary/aromatic N) is 4. The highest BCUT2D eigenvalue weighted by atomic mass is 32.2. The first-order chi connectivity index (χ1) is 14.5. The summed E-state index contributed by atoms with van der Waals surface area (Å²) in [6, 6.07) is 2.93. The standard InChI is InChI=1S/C19H19F6N5S/c20-18(21,22)13-3-4-15-12(5-13)8-29(31-19(23,24)25)9-16(11-1-2-11)30(15)10-17-27-6-14(26)7-28-17/h3-7,11,16H,1-2,8-10,26H2. The van der Waals surface area contributed by atoms with E-state index in [1.165, 1.54) is 18.5 Å². The maximum atomic E-state index is 13.3. The van der Waals surface area contributed by atoms with Gasteiger partial charge >= 0.3 is 11.7 Å². The van der Waals surface area contributed by atoms with Crippen LogP contribution in [0.25, 0.3) is 0 Å². The van der Waals surface area contributed by atoms with Crippen LogP contribution in [0.2, 0.25) is 0 Å². The minimum absolute atomic E-state index is 0.0554. The van der Waals surface area contributed by atoms with Gasteiger partial charge in [-0.15, -0.1) is 0 Å². The van der Waals surface area contributed by atoms with Crippen molar-refractivity contribution in [2.45, 2.75) is 43.7 Å². The van der Waals surface area contributed by atoms with Gasteiger partial charge in [0.1, 0.15) is 5.82 Å². The molecule has 2 aliphatic rings. The highest BCUT2D eigenvalue weighted by Crippen LogP contribution is 2.45. The average Bonchev–Trinajstić information content (AvgIpc) is 3.49. The van der Waals surface area contributed by atoms with Crippen molar-refractivity contribution in [3.63, 3.8) is 0 Å². The summed E-state index contributed by atoms with van der Waals surface area (Å²) in [6.45, 7) is -0.0457. The van der Waals surface area contributed by atoms with Crippen LogP contribution in [-0.2, 0) is 19.3 Å². The molecule has 2 aromatic rings. The van der Waals surface area contributed by atoms with E-state index in [0.717, 1.165) is 29.3 Å². The third kappa shape index (κ3) is 5.35. The van der Waals surface area contributed by atoms with Gasteiger partial charge in [0, 0.05) is 36.8 Å². The van der Waals surface area contributed by atoms with Crippen molar-refractivity contribution in [3.05, 3.63) is 47.5 Å². The van der Waals surface area contributed by atoms with Crippen molar-refractivity contribution in [3.8, 4) is 0 Å². The number of alkyl halides is 6. The lowest BCUT2D eigenvalue weighted by atomic mass is 10.1. The Morgan fingerprint density at radius 3 is 2.32 bits per heavy atom. The minimum Gasteiger partial charge on any atom is -0.396 e. The van der Waals surface area contributed by atoms with Crippen LogP contribution in [0.3, 0.4) is 0 Å². The molecule has 0 spiro atoms. The smallest absolute Gasteiger partial charge is 0.396 e. The predicted molar refractivity (Wildman–Crippen MR) is 105 cm³/mol. The fourth-order valence-electron chi connectivity index (χ4n) is 3.81. The monoisotopic (exact) mass is 463 g/mol. The maximum Gasteiger partial charge on any atom is 0.456 e. The number of hydrogen-bond donors (Lipinski definition) is 1. The Balaban J connectivity index is 1.75. The molecule has 0 saturated heterocycles. The van der Waals surface area contributed by atoms with Gasteiger partial charge in [-0.3, -0.25) is 0 Å². The molecule has 1 atom stereocenters. The van der Waals surface area contributed by atoms with Gasteiger partial charge in [0.2, 0.25) is 0 Å². The number of anilines is 2. The van der Waals surface area contributed by atoms with E-state index in [2.05, 4.69) is 9.97 Å². The van der Waals surface area contributed by atoms with Gasteiger partial charge in [0.15, 0.2) is 0 Å². The van der Waals surface area contributed by atoms with Crippen molar-refractivity contribution in [2.24, 2.45) is 5.92 Å². The summed E-state index contributed by atoms with van der Waals surface area (Å²) in [5, 5.41) is 0.